The molecule has 0 saturated carbocycles. The zero-order valence-electron chi connectivity index (χ0n) is 13.7. The van der Waals surface area contributed by atoms with Crippen LogP contribution in [0.3, 0.4) is 0 Å². The lowest BCUT2D eigenvalue weighted by molar-refractivity contribution is -0.116. The summed E-state index contributed by atoms with van der Waals surface area (Å²) in [7, 11) is 0. The van der Waals surface area contributed by atoms with Gasteiger partial charge in [-0.25, -0.2) is 0 Å². The highest BCUT2D eigenvalue weighted by atomic mass is 16.2. The van der Waals surface area contributed by atoms with Gasteiger partial charge in [0, 0.05) is 11.4 Å². The van der Waals surface area contributed by atoms with E-state index in [0.29, 0.717) is 5.69 Å². The minimum Gasteiger partial charge on any atom is -0.324 e. The van der Waals surface area contributed by atoms with Gasteiger partial charge in [-0.2, -0.15) is 5.26 Å². The molecule has 1 amide bonds. The number of aryl methyl sites for hydroxylation is 4. The number of pyridine rings is 1. The van der Waals surface area contributed by atoms with Gasteiger partial charge in [-0.05, 0) is 51.0 Å². The maximum Gasteiger partial charge on any atom is 0.269 e. The van der Waals surface area contributed by atoms with Crippen molar-refractivity contribution in [1.29, 1.82) is 5.26 Å². The van der Waals surface area contributed by atoms with Gasteiger partial charge in [0.05, 0.1) is 0 Å². The molecule has 1 N–H and O–H groups in total. The fraction of sp³-hybridized carbons (Fsp3) is 0.278. The summed E-state index contributed by atoms with van der Waals surface area (Å²) in [6.45, 7) is 7.49. The molecule has 2 rings (SSSR count). The normalized spacial score (nSPS) is 10.2. The van der Waals surface area contributed by atoms with Gasteiger partial charge in [0.25, 0.3) is 5.56 Å². The first kappa shape index (κ1) is 16.5. The van der Waals surface area contributed by atoms with Crippen molar-refractivity contribution in [3.63, 3.8) is 0 Å². The van der Waals surface area contributed by atoms with Crippen LogP contribution >= 0.6 is 0 Å². The van der Waals surface area contributed by atoms with Crippen molar-refractivity contribution >= 4 is 11.6 Å². The van der Waals surface area contributed by atoms with E-state index in [0.717, 1.165) is 22.4 Å². The summed E-state index contributed by atoms with van der Waals surface area (Å²) in [5.74, 6) is -0.291. The number of amides is 1. The molecule has 23 heavy (non-hydrogen) atoms. The van der Waals surface area contributed by atoms with Gasteiger partial charge in [0.1, 0.15) is 18.2 Å². The van der Waals surface area contributed by atoms with Crippen molar-refractivity contribution < 1.29 is 4.79 Å². The van der Waals surface area contributed by atoms with Crippen molar-refractivity contribution in [2.75, 3.05) is 5.32 Å². The molecule has 0 fully saturated rings. The molecule has 0 aliphatic heterocycles. The van der Waals surface area contributed by atoms with Crippen molar-refractivity contribution in [2.24, 2.45) is 0 Å². The number of carbonyl (C=O) groups excluding carboxylic acids is 1. The Bertz CT molecular complexity index is 850. The van der Waals surface area contributed by atoms with Gasteiger partial charge in [-0.15, -0.1) is 0 Å². The summed E-state index contributed by atoms with van der Waals surface area (Å²) in [4.78, 5) is 24.5. The van der Waals surface area contributed by atoms with Crippen molar-refractivity contribution in [1.82, 2.24) is 4.57 Å². The summed E-state index contributed by atoms with van der Waals surface area (Å²) in [6.07, 6.45) is 0. The second kappa shape index (κ2) is 6.49. The molecule has 0 aliphatic rings. The van der Waals surface area contributed by atoms with E-state index in [1.54, 1.807) is 13.0 Å². The molecule has 0 aliphatic carbocycles. The third kappa shape index (κ3) is 3.49. The zero-order chi connectivity index (χ0) is 17.1. The molecule has 118 valence electrons. The van der Waals surface area contributed by atoms with Crippen LogP contribution in [0.2, 0.25) is 0 Å². The van der Waals surface area contributed by atoms with E-state index in [1.807, 2.05) is 39.0 Å². The molecule has 2 aromatic rings. The summed E-state index contributed by atoms with van der Waals surface area (Å²) in [6, 6.07) is 8.97. The van der Waals surface area contributed by atoms with Crippen LogP contribution in [-0.2, 0) is 11.3 Å². The van der Waals surface area contributed by atoms with Crippen molar-refractivity contribution in [3.8, 4) is 6.07 Å². The van der Waals surface area contributed by atoms with Crippen molar-refractivity contribution in [3.05, 3.63) is 62.6 Å². The Labute approximate surface area is 135 Å². The molecule has 1 aromatic carbocycles. The molecule has 0 saturated heterocycles. The second-order valence-electron chi connectivity index (χ2n) is 5.71. The van der Waals surface area contributed by atoms with Crippen LogP contribution in [0.5, 0.6) is 0 Å². The number of nitrogens with one attached hydrogen (secondary N) is 1. The SMILES string of the molecule is Cc1cc(C)c(NC(=O)Cn2c(C)ccc(C#N)c2=O)c(C)c1. The van der Waals surface area contributed by atoms with E-state index < -0.39 is 5.56 Å². The van der Waals surface area contributed by atoms with Gasteiger partial charge >= 0.3 is 0 Å². The number of nitrogens with zero attached hydrogens (tertiary/aromatic N) is 2. The average molecular weight is 309 g/mol. The number of nitriles is 1. The first-order valence-corrected chi connectivity index (χ1v) is 7.31. The Morgan fingerprint density at radius 2 is 1.78 bits per heavy atom. The van der Waals surface area contributed by atoms with Crippen molar-refractivity contribution in [2.45, 2.75) is 34.2 Å². The minimum atomic E-state index is -0.444. The van der Waals surface area contributed by atoms with E-state index in [1.165, 1.54) is 10.6 Å². The number of anilines is 1. The molecule has 0 radical (unpaired) electrons. The topological polar surface area (TPSA) is 74.9 Å². The summed E-state index contributed by atoms with van der Waals surface area (Å²) in [5, 5.41) is 11.8. The quantitative estimate of drug-likeness (QED) is 0.947. The number of carbonyl (C=O) groups is 1. The minimum absolute atomic E-state index is 0.0334. The zero-order valence-corrected chi connectivity index (χ0v) is 13.7. The predicted octanol–water partition coefficient (Wildman–Crippen LogP) is 2.59. The highest BCUT2D eigenvalue weighted by Crippen LogP contribution is 2.21. The lowest BCUT2D eigenvalue weighted by Crippen LogP contribution is -2.30. The first-order chi connectivity index (χ1) is 10.8. The molecule has 5 heteroatoms. The molecule has 1 heterocycles. The van der Waals surface area contributed by atoms with Crippen LogP contribution in [0, 0.1) is 39.0 Å². The monoisotopic (exact) mass is 309 g/mol. The number of benzene rings is 1. The Kier molecular flexibility index (Phi) is 4.65. The number of hydrogen-bond acceptors (Lipinski definition) is 3. The highest BCUT2D eigenvalue weighted by Gasteiger charge is 2.12. The predicted molar refractivity (Wildman–Crippen MR) is 89.4 cm³/mol. The largest absolute Gasteiger partial charge is 0.324 e. The van der Waals surface area contributed by atoms with E-state index in [4.69, 9.17) is 5.26 Å². The third-order valence-electron chi connectivity index (χ3n) is 3.76. The molecule has 0 spiro atoms. The smallest absolute Gasteiger partial charge is 0.269 e. The van der Waals surface area contributed by atoms with Gasteiger partial charge < -0.3 is 9.88 Å². The van der Waals surface area contributed by atoms with Crippen LogP contribution in [0.1, 0.15) is 27.9 Å². The number of aromatic nitrogens is 1. The van der Waals surface area contributed by atoms with Crippen LogP contribution in [0.4, 0.5) is 5.69 Å². The van der Waals surface area contributed by atoms with Crippen LogP contribution in [0.25, 0.3) is 0 Å². The summed E-state index contributed by atoms with van der Waals surface area (Å²) in [5.41, 5.74) is 4.08. The Balaban J connectivity index is 2.29. The number of hydrogen-bond donors (Lipinski definition) is 1. The number of rotatable bonds is 3. The molecular weight excluding hydrogens is 290 g/mol. The maximum atomic E-state index is 12.3. The Morgan fingerprint density at radius 3 is 2.35 bits per heavy atom. The maximum absolute atomic E-state index is 12.3. The van der Waals surface area contributed by atoms with Crippen LogP contribution in [-0.4, -0.2) is 10.5 Å². The average Bonchev–Trinajstić information content (AvgIpc) is 2.47. The lowest BCUT2D eigenvalue weighted by atomic mass is 10.1. The summed E-state index contributed by atoms with van der Waals surface area (Å²) < 4.78 is 1.31. The molecule has 0 bridgehead atoms. The third-order valence-corrected chi connectivity index (χ3v) is 3.76. The van der Waals surface area contributed by atoms with Crippen LogP contribution < -0.4 is 10.9 Å². The first-order valence-electron chi connectivity index (χ1n) is 7.31. The fourth-order valence-electron chi connectivity index (χ4n) is 2.65. The van der Waals surface area contributed by atoms with Gasteiger partial charge in [-0.1, -0.05) is 17.7 Å². The lowest BCUT2D eigenvalue weighted by Gasteiger charge is -2.14. The van der Waals surface area contributed by atoms with Gasteiger partial charge in [-0.3, -0.25) is 9.59 Å². The molecule has 0 unspecified atom stereocenters. The fourth-order valence-corrected chi connectivity index (χ4v) is 2.65. The second-order valence-corrected chi connectivity index (χ2v) is 5.71. The van der Waals surface area contributed by atoms with E-state index in [9.17, 15) is 9.59 Å². The van der Waals surface area contributed by atoms with Gasteiger partial charge in [0.15, 0.2) is 0 Å². The standard InChI is InChI=1S/C18H19N3O2/c1-11-7-12(2)17(13(3)8-11)20-16(22)10-21-14(4)5-6-15(9-19)18(21)23/h5-8H,10H2,1-4H3,(H,20,22). The molecule has 0 atom stereocenters. The molecule has 5 nitrogen and oxygen atoms in total. The van der Waals surface area contributed by atoms with E-state index in [-0.39, 0.29) is 18.0 Å². The Hall–Kier alpha value is -2.87. The van der Waals surface area contributed by atoms with Crippen LogP contribution in [0.15, 0.2) is 29.1 Å². The summed E-state index contributed by atoms with van der Waals surface area (Å²) >= 11 is 0. The molecular formula is C18H19N3O2. The molecule has 1 aromatic heterocycles. The van der Waals surface area contributed by atoms with E-state index >= 15 is 0 Å². The Morgan fingerprint density at radius 1 is 1.17 bits per heavy atom. The van der Waals surface area contributed by atoms with E-state index in [2.05, 4.69) is 5.32 Å². The highest BCUT2D eigenvalue weighted by molar-refractivity contribution is 5.92. The van der Waals surface area contributed by atoms with Gasteiger partial charge in [0.2, 0.25) is 5.91 Å².